The molecule has 18 heavy (non-hydrogen) atoms. The molecule has 1 aromatic carbocycles. The van der Waals surface area contributed by atoms with Crippen LogP contribution in [-0.4, -0.2) is 50.6 Å². The third kappa shape index (κ3) is 4.06. The maximum atomic E-state index is 11.9. The molecule has 0 radical (unpaired) electrons. The van der Waals surface area contributed by atoms with Gasteiger partial charge in [-0.2, -0.15) is 0 Å². The van der Waals surface area contributed by atoms with E-state index < -0.39 is 10.0 Å². The molecular formula is C10H16N3O4S+. The summed E-state index contributed by atoms with van der Waals surface area (Å²) in [6.07, 6.45) is 0. The molecule has 2 N–H and O–H groups in total. The number of nitrogens with zero attached hydrogens (tertiary/aromatic N) is 2. The number of likely N-dealkylation sites (N-methyl/N-ethyl adjacent to an activating group) is 1. The SMILES string of the molecule is CN(C)CCNS(=O)(=O)c1cccc([N+](=O)O)c1. The van der Waals surface area contributed by atoms with Gasteiger partial charge in [0.2, 0.25) is 10.0 Å². The summed E-state index contributed by atoms with van der Waals surface area (Å²) in [6, 6.07) is 5.15. The molecule has 100 valence electrons. The predicted octanol–water partition coefficient (Wildman–Crippen LogP) is 0.326. The van der Waals surface area contributed by atoms with Crippen LogP contribution in [0, 0.1) is 4.91 Å². The van der Waals surface area contributed by atoms with Crippen LogP contribution >= 0.6 is 0 Å². The zero-order valence-corrected chi connectivity index (χ0v) is 11.0. The lowest BCUT2D eigenvalue weighted by Gasteiger charge is -2.10. The standard InChI is InChI=1S/C10H16N3O4S/c1-12(2)7-6-11-18(16,17)10-5-3-4-9(8-10)13(14)15/h3-5,8,11H,6-7H2,1-2H3,(H,14,15)/q+1. The average molecular weight is 274 g/mol. The van der Waals surface area contributed by atoms with Gasteiger partial charge in [-0.15, -0.1) is 0 Å². The highest BCUT2D eigenvalue weighted by Gasteiger charge is 2.19. The molecule has 0 aliphatic rings. The summed E-state index contributed by atoms with van der Waals surface area (Å²) in [5, 5.41) is 8.72. The van der Waals surface area contributed by atoms with Crippen molar-refractivity contribution >= 4 is 15.7 Å². The van der Waals surface area contributed by atoms with Crippen LogP contribution in [0.15, 0.2) is 29.2 Å². The number of nitrogens with one attached hydrogen (secondary N) is 1. The number of rotatable bonds is 6. The van der Waals surface area contributed by atoms with E-state index >= 15 is 0 Å². The van der Waals surface area contributed by atoms with Crippen molar-refractivity contribution in [3.63, 3.8) is 0 Å². The maximum Gasteiger partial charge on any atom is 0.317 e. The van der Waals surface area contributed by atoms with Crippen molar-refractivity contribution in [2.45, 2.75) is 4.90 Å². The molecule has 0 saturated carbocycles. The van der Waals surface area contributed by atoms with E-state index in [1.807, 2.05) is 19.0 Å². The Morgan fingerprint density at radius 1 is 1.39 bits per heavy atom. The van der Waals surface area contributed by atoms with Gasteiger partial charge in [-0.25, -0.2) is 18.3 Å². The molecule has 0 saturated heterocycles. The topological polar surface area (TPSA) is 89.7 Å². The number of sulfonamides is 1. The lowest BCUT2D eigenvalue weighted by Crippen LogP contribution is -2.31. The van der Waals surface area contributed by atoms with Crippen molar-refractivity contribution in [2.24, 2.45) is 0 Å². The van der Waals surface area contributed by atoms with Crippen LogP contribution in [0.5, 0.6) is 0 Å². The fourth-order valence-corrected chi connectivity index (χ4v) is 2.32. The zero-order chi connectivity index (χ0) is 13.8. The van der Waals surface area contributed by atoms with Crippen molar-refractivity contribution in [3.05, 3.63) is 29.2 Å². The van der Waals surface area contributed by atoms with Gasteiger partial charge in [0.15, 0.2) is 0 Å². The number of benzene rings is 1. The van der Waals surface area contributed by atoms with Gasteiger partial charge in [-0.3, -0.25) is 0 Å². The summed E-state index contributed by atoms with van der Waals surface area (Å²) in [5.41, 5.74) is -0.134. The van der Waals surface area contributed by atoms with Crippen LogP contribution in [0.4, 0.5) is 5.69 Å². The van der Waals surface area contributed by atoms with Gasteiger partial charge in [0.1, 0.15) is 0 Å². The monoisotopic (exact) mass is 274 g/mol. The van der Waals surface area contributed by atoms with Crippen LogP contribution in [0.3, 0.4) is 0 Å². The quantitative estimate of drug-likeness (QED) is 0.729. The molecule has 1 aromatic rings. The molecule has 8 heteroatoms. The Kier molecular flexibility index (Phi) is 4.76. The maximum absolute atomic E-state index is 11.9. The fraction of sp³-hybridized carbons (Fsp3) is 0.400. The Morgan fingerprint density at radius 3 is 2.61 bits per heavy atom. The highest BCUT2D eigenvalue weighted by molar-refractivity contribution is 7.89. The molecule has 1 rings (SSSR count). The van der Waals surface area contributed by atoms with E-state index in [0.717, 1.165) is 6.07 Å². The molecule has 0 bridgehead atoms. The minimum Gasteiger partial charge on any atom is -0.308 e. The summed E-state index contributed by atoms with van der Waals surface area (Å²) < 4.78 is 26.1. The molecule has 0 spiro atoms. The summed E-state index contributed by atoms with van der Waals surface area (Å²) in [7, 11) is -0.00659. The third-order valence-corrected chi connectivity index (χ3v) is 3.66. The summed E-state index contributed by atoms with van der Waals surface area (Å²) >= 11 is 0. The second-order valence-corrected chi connectivity index (χ2v) is 5.74. The van der Waals surface area contributed by atoms with Crippen molar-refractivity contribution in [1.82, 2.24) is 9.62 Å². The van der Waals surface area contributed by atoms with Crippen LogP contribution in [0.1, 0.15) is 0 Å². The molecule has 0 aliphatic heterocycles. The van der Waals surface area contributed by atoms with Gasteiger partial charge in [0.25, 0.3) is 4.92 Å². The molecule has 7 nitrogen and oxygen atoms in total. The molecule has 0 fully saturated rings. The highest BCUT2D eigenvalue weighted by atomic mass is 32.2. The van der Waals surface area contributed by atoms with Gasteiger partial charge >= 0.3 is 5.69 Å². The molecule has 0 aromatic heterocycles. The van der Waals surface area contributed by atoms with E-state index in [1.54, 1.807) is 0 Å². The van der Waals surface area contributed by atoms with Crippen LogP contribution < -0.4 is 4.72 Å². The molecule has 0 heterocycles. The number of hydrogen-bond donors (Lipinski definition) is 2. The Hall–Kier alpha value is -1.51. The van der Waals surface area contributed by atoms with Gasteiger partial charge in [-0.1, -0.05) is 6.07 Å². The van der Waals surface area contributed by atoms with Crippen molar-refractivity contribution in [3.8, 4) is 0 Å². The molecule has 0 unspecified atom stereocenters. The van der Waals surface area contributed by atoms with Gasteiger partial charge < -0.3 is 4.90 Å². The first kappa shape index (κ1) is 14.6. The van der Waals surface area contributed by atoms with E-state index in [1.165, 1.54) is 18.2 Å². The second kappa shape index (κ2) is 5.89. The first-order chi connectivity index (χ1) is 8.33. The molecule has 0 amide bonds. The lowest BCUT2D eigenvalue weighted by molar-refractivity contribution is -0.729. The summed E-state index contributed by atoms with van der Waals surface area (Å²) in [5.74, 6) is 0. The lowest BCUT2D eigenvalue weighted by atomic mass is 10.3. The Labute approximate surface area is 106 Å². The number of hydrogen-bond acceptors (Lipinski definition) is 4. The van der Waals surface area contributed by atoms with E-state index in [-0.39, 0.29) is 22.1 Å². The first-order valence-electron chi connectivity index (χ1n) is 5.23. The summed E-state index contributed by atoms with van der Waals surface area (Å²) in [6.45, 7) is 0.826. The molecule has 0 aliphatic carbocycles. The normalized spacial score (nSPS) is 11.7. The van der Waals surface area contributed by atoms with Crippen LogP contribution in [0.25, 0.3) is 0 Å². The van der Waals surface area contributed by atoms with Gasteiger partial charge in [0.05, 0.1) is 9.80 Å². The van der Waals surface area contributed by atoms with E-state index in [4.69, 9.17) is 5.21 Å². The third-order valence-electron chi connectivity index (χ3n) is 2.20. The van der Waals surface area contributed by atoms with Gasteiger partial charge in [0, 0.05) is 25.2 Å². The first-order valence-corrected chi connectivity index (χ1v) is 6.72. The Bertz CT molecular complexity index is 528. The highest BCUT2D eigenvalue weighted by Crippen LogP contribution is 2.16. The van der Waals surface area contributed by atoms with Crippen LogP contribution in [0.2, 0.25) is 0 Å². The second-order valence-electron chi connectivity index (χ2n) is 3.97. The van der Waals surface area contributed by atoms with Crippen LogP contribution in [-0.2, 0) is 10.0 Å². The molecular weight excluding hydrogens is 258 g/mol. The fourth-order valence-electron chi connectivity index (χ4n) is 1.26. The molecule has 0 atom stereocenters. The van der Waals surface area contributed by atoms with E-state index in [0.29, 0.717) is 6.54 Å². The van der Waals surface area contributed by atoms with Gasteiger partial charge in [-0.05, 0) is 20.2 Å². The minimum absolute atomic E-state index is 0.0614. The van der Waals surface area contributed by atoms with E-state index in [2.05, 4.69) is 4.72 Å². The smallest absolute Gasteiger partial charge is 0.308 e. The van der Waals surface area contributed by atoms with Crippen molar-refractivity contribution in [1.29, 1.82) is 0 Å². The van der Waals surface area contributed by atoms with E-state index in [9.17, 15) is 13.3 Å². The Balaban J connectivity index is 2.85. The summed E-state index contributed by atoms with van der Waals surface area (Å²) in [4.78, 5) is 12.1. The average Bonchev–Trinajstić information content (AvgIpc) is 2.28. The largest absolute Gasteiger partial charge is 0.317 e. The predicted molar refractivity (Wildman–Crippen MR) is 65.3 cm³/mol. The Morgan fingerprint density at radius 2 is 2.06 bits per heavy atom. The zero-order valence-electron chi connectivity index (χ0n) is 10.2. The van der Waals surface area contributed by atoms with Crippen molar-refractivity contribution < 1.29 is 18.5 Å². The minimum atomic E-state index is -3.67. The van der Waals surface area contributed by atoms with Crippen molar-refractivity contribution in [2.75, 3.05) is 27.2 Å².